The minimum atomic E-state index is 0.0309. The van der Waals surface area contributed by atoms with Crippen LogP contribution in [0.25, 0.3) is 11.4 Å². The summed E-state index contributed by atoms with van der Waals surface area (Å²) in [7, 11) is 1.96. The maximum absolute atomic E-state index is 10.2. The largest absolute Gasteiger partial charge is 0.507 e. The Balaban J connectivity index is 2.07. The maximum atomic E-state index is 10.2. The van der Waals surface area contributed by atoms with Crippen molar-refractivity contribution in [3.63, 3.8) is 0 Å². The van der Waals surface area contributed by atoms with Crippen LogP contribution in [0, 0.1) is 17.2 Å². The molecule has 1 heterocycles. The molecule has 6 nitrogen and oxygen atoms in total. The molecule has 1 aliphatic carbocycles. The molecule has 1 aromatic carbocycles. The van der Waals surface area contributed by atoms with Crippen LogP contribution in [-0.4, -0.2) is 28.7 Å². The van der Waals surface area contributed by atoms with Gasteiger partial charge in [0.1, 0.15) is 23.2 Å². The summed E-state index contributed by atoms with van der Waals surface area (Å²) in [6.07, 6.45) is 5.35. The van der Waals surface area contributed by atoms with Crippen LogP contribution in [0.5, 0.6) is 5.75 Å². The highest BCUT2D eigenvalue weighted by Crippen LogP contribution is 2.38. The van der Waals surface area contributed by atoms with Crippen molar-refractivity contribution in [2.75, 3.05) is 19.3 Å². The first-order valence-corrected chi connectivity index (χ1v) is 9.62. The van der Waals surface area contributed by atoms with Crippen LogP contribution in [0.2, 0.25) is 5.02 Å². The average Bonchev–Trinajstić information content (AvgIpc) is 2.89. The third-order valence-electron chi connectivity index (χ3n) is 5.19. The number of nitrogens with one attached hydrogen (secondary N) is 1. The van der Waals surface area contributed by atoms with Crippen molar-refractivity contribution in [2.24, 2.45) is 5.92 Å². The SMILES string of the molecule is CNCC1CCCCC(c2nc(-c3cc(Cl)ccc3O)nc(N)c2C#N)C1. The standard InChI is InChI=1S/C20H24ClN5O/c1-24-11-12-4-2-3-5-13(8-12)18-16(10-22)19(23)26-20(25-18)15-9-14(21)6-7-17(15)27/h6-7,9,12-13,24,27H,2-5,8,11H2,1H3,(H2,23,25,26). The summed E-state index contributed by atoms with van der Waals surface area (Å²) in [4.78, 5) is 8.95. The molecule has 142 valence electrons. The Bertz CT molecular complexity index is 864. The average molecular weight is 386 g/mol. The van der Waals surface area contributed by atoms with Crippen molar-refractivity contribution in [3.05, 3.63) is 34.5 Å². The number of hydrogen-bond acceptors (Lipinski definition) is 6. The molecule has 0 bridgehead atoms. The first kappa shape index (κ1) is 19.4. The van der Waals surface area contributed by atoms with Gasteiger partial charge in [-0.1, -0.05) is 24.4 Å². The normalized spacial score (nSPS) is 20.0. The molecule has 2 unspecified atom stereocenters. The zero-order valence-corrected chi connectivity index (χ0v) is 16.1. The molecule has 7 heteroatoms. The number of phenols is 1. The molecule has 27 heavy (non-hydrogen) atoms. The summed E-state index contributed by atoms with van der Waals surface area (Å²) in [6, 6.07) is 6.89. The Morgan fingerprint density at radius 2 is 2.11 bits per heavy atom. The molecule has 1 aliphatic rings. The molecule has 0 aliphatic heterocycles. The smallest absolute Gasteiger partial charge is 0.165 e. The molecule has 0 spiro atoms. The van der Waals surface area contributed by atoms with E-state index in [4.69, 9.17) is 17.3 Å². The predicted molar refractivity (Wildman–Crippen MR) is 107 cm³/mol. The lowest BCUT2D eigenvalue weighted by atomic mass is 9.88. The van der Waals surface area contributed by atoms with Gasteiger partial charge in [0.05, 0.1) is 11.3 Å². The first-order chi connectivity index (χ1) is 13.0. The van der Waals surface area contributed by atoms with E-state index in [0.29, 0.717) is 33.6 Å². The van der Waals surface area contributed by atoms with Crippen molar-refractivity contribution in [1.29, 1.82) is 5.26 Å². The van der Waals surface area contributed by atoms with Gasteiger partial charge in [-0.15, -0.1) is 0 Å². The van der Waals surface area contributed by atoms with Crippen molar-refractivity contribution >= 4 is 17.4 Å². The summed E-state index contributed by atoms with van der Waals surface area (Å²) in [5.74, 6) is 1.16. The van der Waals surface area contributed by atoms with Gasteiger partial charge in [-0.2, -0.15) is 5.26 Å². The third-order valence-corrected chi connectivity index (χ3v) is 5.42. The Hall–Kier alpha value is -2.36. The molecule has 0 amide bonds. The van der Waals surface area contributed by atoms with Gasteiger partial charge in [-0.3, -0.25) is 0 Å². The van der Waals surface area contributed by atoms with Crippen molar-refractivity contribution in [1.82, 2.24) is 15.3 Å². The fraction of sp³-hybridized carbons (Fsp3) is 0.450. The fourth-order valence-corrected chi connectivity index (χ4v) is 4.07. The van der Waals surface area contributed by atoms with Gasteiger partial charge in [-0.05, 0) is 57.0 Å². The highest BCUT2D eigenvalue weighted by molar-refractivity contribution is 6.30. The molecule has 2 atom stereocenters. The Morgan fingerprint density at radius 1 is 1.33 bits per heavy atom. The lowest BCUT2D eigenvalue weighted by Crippen LogP contribution is -2.20. The Kier molecular flexibility index (Phi) is 6.15. The number of anilines is 1. The molecule has 0 saturated heterocycles. The third kappa shape index (κ3) is 4.32. The van der Waals surface area contributed by atoms with E-state index in [0.717, 1.165) is 25.8 Å². The highest BCUT2D eigenvalue weighted by atomic mass is 35.5. The number of rotatable bonds is 4. The highest BCUT2D eigenvalue weighted by Gasteiger charge is 2.27. The minimum absolute atomic E-state index is 0.0309. The second-order valence-electron chi connectivity index (χ2n) is 7.11. The number of nitrogen functional groups attached to an aromatic ring is 1. The first-order valence-electron chi connectivity index (χ1n) is 9.24. The number of nitrogens with zero attached hydrogens (tertiary/aromatic N) is 3. The van der Waals surface area contributed by atoms with Crippen LogP contribution in [0.4, 0.5) is 5.82 Å². The number of nitrogens with two attached hydrogens (primary N) is 1. The van der Waals surface area contributed by atoms with E-state index in [9.17, 15) is 10.4 Å². The molecule has 2 aromatic rings. The summed E-state index contributed by atoms with van der Waals surface area (Å²) in [5.41, 5.74) is 7.54. The lowest BCUT2D eigenvalue weighted by molar-refractivity contribution is 0.415. The van der Waals surface area contributed by atoms with E-state index >= 15 is 0 Å². The quantitative estimate of drug-likeness (QED) is 0.690. The number of nitriles is 1. The topological polar surface area (TPSA) is 108 Å². The molecular formula is C20H24ClN5O. The fourth-order valence-electron chi connectivity index (χ4n) is 3.90. The lowest BCUT2D eigenvalue weighted by Gasteiger charge is -2.21. The summed E-state index contributed by atoms with van der Waals surface area (Å²) in [6.45, 7) is 0.945. The van der Waals surface area contributed by atoms with E-state index in [1.54, 1.807) is 12.1 Å². The van der Waals surface area contributed by atoms with Crippen molar-refractivity contribution < 1.29 is 5.11 Å². The predicted octanol–water partition coefficient (Wildman–Crippen LogP) is 3.84. The van der Waals surface area contributed by atoms with Gasteiger partial charge in [0.2, 0.25) is 0 Å². The number of benzene rings is 1. The molecule has 1 saturated carbocycles. The van der Waals surface area contributed by atoms with Crippen LogP contribution in [0.15, 0.2) is 18.2 Å². The van der Waals surface area contributed by atoms with Crippen molar-refractivity contribution in [2.45, 2.75) is 38.0 Å². The van der Waals surface area contributed by atoms with E-state index in [1.165, 1.54) is 18.9 Å². The van der Waals surface area contributed by atoms with Crippen LogP contribution < -0.4 is 11.1 Å². The van der Waals surface area contributed by atoms with E-state index < -0.39 is 0 Å². The van der Waals surface area contributed by atoms with Crippen LogP contribution in [0.1, 0.15) is 49.3 Å². The molecule has 4 N–H and O–H groups in total. The summed E-state index contributed by atoms with van der Waals surface area (Å²) >= 11 is 6.07. The number of hydrogen-bond donors (Lipinski definition) is 3. The number of aromatic nitrogens is 2. The van der Waals surface area contributed by atoms with Crippen LogP contribution >= 0.6 is 11.6 Å². The van der Waals surface area contributed by atoms with Gasteiger partial charge < -0.3 is 16.2 Å². The second-order valence-corrected chi connectivity index (χ2v) is 7.54. The van der Waals surface area contributed by atoms with Crippen LogP contribution in [0.3, 0.4) is 0 Å². The van der Waals surface area contributed by atoms with Gasteiger partial charge in [-0.25, -0.2) is 9.97 Å². The molecule has 1 fully saturated rings. The number of phenolic OH excluding ortho intramolecular Hbond substituents is 1. The van der Waals surface area contributed by atoms with Gasteiger partial charge in [0.25, 0.3) is 0 Å². The van der Waals surface area contributed by atoms with Gasteiger partial charge in [0, 0.05) is 10.9 Å². The monoisotopic (exact) mass is 385 g/mol. The Labute approximate surface area is 164 Å². The van der Waals surface area contributed by atoms with Crippen molar-refractivity contribution in [3.8, 4) is 23.2 Å². The summed E-state index contributed by atoms with van der Waals surface area (Å²) < 4.78 is 0. The number of halogens is 1. The van der Waals surface area contributed by atoms with Gasteiger partial charge in [0.15, 0.2) is 5.82 Å². The summed E-state index contributed by atoms with van der Waals surface area (Å²) in [5, 5.41) is 23.6. The van der Waals surface area contributed by atoms with E-state index in [1.807, 2.05) is 7.05 Å². The van der Waals surface area contributed by atoms with Crippen LogP contribution in [-0.2, 0) is 0 Å². The Morgan fingerprint density at radius 3 is 2.85 bits per heavy atom. The minimum Gasteiger partial charge on any atom is -0.507 e. The zero-order valence-electron chi connectivity index (χ0n) is 15.4. The molecular weight excluding hydrogens is 362 g/mol. The zero-order chi connectivity index (χ0) is 19.4. The molecule has 0 radical (unpaired) electrons. The second kappa shape index (κ2) is 8.55. The molecule has 1 aromatic heterocycles. The van der Waals surface area contributed by atoms with E-state index in [-0.39, 0.29) is 17.5 Å². The maximum Gasteiger partial charge on any atom is 0.165 e. The molecule has 3 rings (SSSR count). The van der Waals surface area contributed by atoms with E-state index in [2.05, 4.69) is 21.4 Å². The number of aromatic hydroxyl groups is 1. The van der Waals surface area contributed by atoms with Gasteiger partial charge >= 0.3 is 0 Å².